The van der Waals surface area contributed by atoms with Gasteiger partial charge in [-0.2, -0.15) is 0 Å². The Morgan fingerprint density at radius 2 is 1.89 bits per heavy atom. The molecule has 1 N–H and O–H groups in total. The summed E-state index contributed by atoms with van der Waals surface area (Å²) in [6, 6.07) is 0. The zero-order valence-electron chi connectivity index (χ0n) is 18.3. The van der Waals surface area contributed by atoms with Crippen LogP contribution in [0, 0.1) is 11.8 Å². The van der Waals surface area contributed by atoms with Gasteiger partial charge in [-0.15, -0.1) is 24.0 Å². The van der Waals surface area contributed by atoms with Crippen molar-refractivity contribution in [2.45, 2.75) is 47.1 Å². The first-order valence-corrected chi connectivity index (χ1v) is 9.71. The van der Waals surface area contributed by atoms with Crippen LogP contribution in [0.3, 0.4) is 0 Å². The standard InChI is InChI=1S/C19H36N4O4.HI/c1-8-20-17(23-12-14(3)15(13-23)16(24)26-7)21-10-11-22(9-2)18(25)27-19(4,5)6;/h14-15H,8-13H2,1-7H3,(H,20,21);1H. The maximum absolute atomic E-state index is 12.2. The van der Waals surface area contributed by atoms with Gasteiger partial charge < -0.3 is 24.6 Å². The summed E-state index contributed by atoms with van der Waals surface area (Å²) < 4.78 is 10.3. The summed E-state index contributed by atoms with van der Waals surface area (Å²) in [7, 11) is 1.42. The van der Waals surface area contributed by atoms with Crippen LogP contribution in [0.4, 0.5) is 4.79 Å². The topological polar surface area (TPSA) is 83.5 Å². The quantitative estimate of drug-likeness (QED) is 0.255. The van der Waals surface area contributed by atoms with Gasteiger partial charge in [0.1, 0.15) is 5.60 Å². The molecule has 164 valence electrons. The van der Waals surface area contributed by atoms with Gasteiger partial charge in [0, 0.05) is 32.7 Å². The fourth-order valence-electron chi connectivity index (χ4n) is 3.01. The highest BCUT2D eigenvalue weighted by atomic mass is 127. The van der Waals surface area contributed by atoms with Crippen molar-refractivity contribution in [1.82, 2.24) is 15.1 Å². The third-order valence-electron chi connectivity index (χ3n) is 4.42. The molecule has 0 bridgehead atoms. The Bertz CT molecular complexity index is 537. The van der Waals surface area contributed by atoms with E-state index < -0.39 is 5.60 Å². The lowest BCUT2D eigenvalue weighted by atomic mass is 9.99. The molecule has 0 saturated carbocycles. The molecule has 1 aliphatic rings. The number of hydrogen-bond donors (Lipinski definition) is 1. The number of amides is 1. The molecule has 0 aromatic carbocycles. The highest BCUT2D eigenvalue weighted by Crippen LogP contribution is 2.24. The number of likely N-dealkylation sites (tertiary alicyclic amines) is 1. The molecule has 2 atom stereocenters. The molecule has 0 aromatic heterocycles. The number of nitrogens with one attached hydrogen (secondary N) is 1. The Morgan fingerprint density at radius 1 is 1.25 bits per heavy atom. The minimum absolute atomic E-state index is 0. The molecule has 1 amide bonds. The predicted octanol–water partition coefficient (Wildman–Crippen LogP) is 2.57. The molecule has 0 aliphatic carbocycles. The van der Waals surface area contributed by atoms with Crippen LogP contribution in [0.1, 0.15) is 41.5 Å². The number of likely N-dealkylation sites (N-methyl/N-ethyl adjacent to an activating group) is 1. The maximum atomic E-state index is 12.2. The number of guanidine groups is 1. The van der Waals surface area contributed by atoms with Crippen LogP contribution in [0.25, 0.3) is 0 Å². The van der Waals surface area contributed by atoms with E-state index in [2.05, 4.69) is 15.2 Å². The van der Waals surface area contributed by atoms with Crippen LogP contribution < -0.4 is 5.32 Å². The lowest BCUT2D eigenvalue weighted by Crippen LogP contribution is -2.42. The normalized spacial score (nSPS) is 19.7. The Labute approximate surface area is 186 Å². The number of halogens is 1. The van der Waals surface area contributed by atoms with Gasteiger partial charge in [0.25, 0.3) is 0 Å². The van der Waals surface area contributed by atoms with E-state index in [0.29, 0.717) is 26.2 Å². The van der Waals surface area contributed by atoms with Crippen LogP contribution in [0.5, 0.6) is 0 Å². The second-order valence-electron chi connectivity index (χ2n) is 7.81. The van der Waals surface area contributed by atoms with Gasteiger partial charge >= 0.3 is 12.1 Å². The Balaban J connectivity index is 0.00000729. The molecule has 1 fully saturated rings. The molecule has 8 nitrogen and oxygen atoms in total. The van der Waals surface area contributed by atoms with Crippen molar-refractivity contribution >= 4 is 42.0 Å². The zero-order valence-corrected chi connectivity index (χ0v) is 20.6. The van der Waals surface area contributed by atoms with Crippen molar-refractivity contribution in [3.05, 3.63) is 0 Å². The van der Waals surface area contributed by atoms with Crippen molar-refractivity contribution in [2.24, 2.45) is 16.8 Å². The second-order valence-corrected chi connectivity index (χ2v) is 7.81. The summed E-state index contributed by atoms with van der Waals surface area (Å²) in [6.07, 6.45) is -0.328. The third-order valence-corrected chi connectivity index (χ3v) is 4.42. The number of carbonyl (C=O) groups is 2. The summed E-state index contributed by atoms with van der Waals surface area (Å²) in [5.41, 5.74) is -0.517. The van der Waals surface area contributed by atoms with Crippen LogP contribution >= 0.6 is 24.0 Å². The first kappa shape index (κ1) is 26.7. The number of aliphatic imine (C=N–C) groups is 1. The number of nitrogens with zero attached hydrogens (tertiary/aromatic N) is 3. The van der Waals surface area contributed by atoms with E-state index >= 15 is 0 Å². The van der Waals surface area contributed by atoms with E-state index in [0.717, 1.165) is 19.0 Å². The number of carbonyl (C=O) groups excluding carboxylic acids is 2. The highest BCUT2D eigenvalue weighted by molar-refractivity contribution is 14.0. The number of ether oxygens (including phenoxy) is 2. The van der Waals surface area contributed by atoms with E-state index in [1.165, 1.54) is 7.11 Å². The zero-order chi connectivity index (χ0) is 20.6. The summed E-state index contributed by atoms with van der Waals surface area (Å²) in [5, 5.41) is 3.27. The Kier molecular flexibility index (Phi) is 11.8. The van der Waals surface area contributed by atoms with Gasteiger partial charge in [-0.1, -0.05) is 6.92 Å². The van der Waals surface area contributed by atoms with Gasteiger partial charge in [-0.3, -0.25) is 9.79 Å². The molecule has 28 heavy (non-hydrogen) atoms. The van der Waals surface area contributed by atoms with E-state index in [1.54, 1.807) is 4.90 Å². The largest absolute Gasteiger partial charge is 0.469 e. The molecule has 0 radical (unpaired) electrons. The van der Waals surface area contributed by atoms with Crippen LogP contribution in [0.2, 0.25) is 0 Å². The number of esters is 1. The van der Waals surface area contributed by atoms with Gasteiger partial charge in [0.05, 0.1) is 19.6 Å². The number of methoxy groups -OCH3 is 1. The molecule has 9 heteroatoms. The van der Waals surface area contributed by atoms with E-state index in [-0.39, 0.29) is 47.9 Å². The lowest BCUT2D eigenvalue weighted by molar-refractivity contribution is -0.145. The molecule has 0 spiro atoms. The van der Waals surface area contributed by atoms with E-state index in [4.69, 9.17) is 9.47 Å². The SMILES string of the molecule is CCNC(=NCCN(CC)C(=O)OC(C)(C)C)N1CC(C)C(C(=O)OC)C1.I. The molecule has 1 aliphatic heterocycles. The van der Waals surface area contributed by atoms with Gasteiger partial charge in [0.2, 0.25) is 0 Å². The monoisotopic (exact) mass is 512 g/mol. The predicted molar refractivity (Wildman–Crippen MR) is 121 cm³/mol. The first-order valence-electron chi connectivity index (χ1n) is 9.71. The van der Waals surface area contributed by atoms with Crippen LogP contribution in [0.15, 0.2) is 4.99 Å². The maximum Gasteiger partial charge on any atom is 0.410 e. The van der Waals surface area contributed by atoms with Gasteiger partial charge in [-0.25, -0.2) is 4.79 Å². The van der Waals surface area contributed by atoms with Gasteiger partial charge in [-0.05, 0) is 40.5 Å². The minimum Gasteiger partial charge on any atom is -0.469 e. The third kappa shape index (κ3) is 8.40. The average molecular weight is 512 g/mol. The average Bonchev–Trinajstić information content (AvgIpc) is 2.97. The number of rotatable bonds is 6. The molecular weight excluding hydrogens is 475 g/mol. The van der Waals surface area contributed by atoms with Crippen molar-refractivity contribution in [3.8, 4) is 0 Å². The van der Waals surface area contributed by atoms with Crippen molar-refractivity contribution in [1.29, 1.82) is 0 Å². The van der Waals surface area contributed by atoms with Crippen LogP contribution in [-0.2, 0) is 14.3 Å². The summed E-state index contributed by atoms with van der Waals surface area (Å²) >= 11 is 0. The second kappa shape index (κ2) is 12.3. The summed E-state index contributed by atoms with van der Waals surface area (Å²) in [6.45, 7) is 15.1. The van der Waals surface area contributed by atoms with Crippen molar-refractivity contribution in [3.63, 3.8) is 0 Å². The highest BCUT2D eigenvalue weighted by Gasteiger charge is 2.36. The summed E-state index contributed by atoms with van der Waals surface area (Å²) in [4.78, 5) is 32.5. The Hall–Kier alpha value is -1.26. The smallest absolute Gasteiger partial charge is 0.410 e. The van der Waals surface area contributed by atoms with Crippen LogP contribution in [-0.4, -0.2) is 79.8 Å². The Morgan fingerprint density at radius 3 is 2.39 bits per heavy atom. The molecule has 1 heterocycles. The first-order chi connectivity index (χ1) is 12.6. The number of hydrogen-bond acceptors (Lipinski definition) is 5. The molecule has 1 rings (SSSR count). The lowest BCUT2D eigenvalue weighted by Gasteiger charge is -2.26. The molecule has 1 saturated heterocycles. The minimum atomic E-state index is -0.517. The summed E-state index contributed by atoms with van der Waals surface area (Å²) in [5.74, 6) is 0.641. The molecule has 2 unspecified atom stereocenters. The van der Waals surface area contributed by atoms with E-state index in [1.807, 2.05) is 41.5 Å². The van der Waals surface area contributed by atoms with Crippen molar-refractivity contribution in [2.75, 3.05) is 46.4 Å². The molecule has 0 aromatic rings. The fourth-order valence-corrected chi connectivity index (χ4v) is 3.01. The van der Waals surface area contributed by atoms with Gasteiger partial charge in [0.15, 0.2) is 5.96 Å². The van der Waals surface area contributed by atoms with Crippen molar-refractivity contribution < 1.29 is 19.1 Å². The molecular formula is C19H37IN4O4. The fraction of sp³-hybridized carbons (Fsp3) is 0.842. The van der Waals surface area contributed by atoms with E-state index in [9.17, 15) is 9.59 Å².